The molecule has 0 saturated carbocycles. The molecule has 7 nitrogen and oxygen atoms in total. The van der Waals surface area contributed by atoms with E-state index in [1.165, 1.54) is 4.90 Å². The van der Waals surface area contributed by atoms with E-state index in [0.29, 0.717) is 13.1 Å². The molecule has 1 aromatic rings. The molecule has 7 heteroatoms. The van der Waals surface area contributed by atoms with Crippen LogP contribution >= 0.6 is 0 Å². The monoisotopic (exact) mass is 296 g/mol. The lowest BCUT2D eigenvalue weighted by Gasteiger charge is -2.23. The van der Waals surface area contributed by atoms with E-state index in [9.17, 15) is 9.59 Å². The van der Waals surface area contributed by atoms with Crippen LogP contribution < -0.4 is 5.32 Å². The molecule has 118 valence electrons. The van der Waals surface area contributed by atoms with Crippen molar-refractivity contribution in [1.29, 1.82) is 0 Å². The van der Waals surface area contributed by atoms with Crippen molar-refractivity contribution in [2.45, 2.75) is 34.2 Å². The van der Waals surface area contributed by atoms with Gasteiger partial charge in [-0.3, -0.25) is 9.48 Å². The van der Waals surface area contributed by atoms with Crippen molar-refractivity contribution >= 4 is 12.0 Å². The number of carbonyl (C=O) groups is 2. The van der Waals surface area contributed by atoms with E-state index in [0.717, 1.165) is 17.0 Å². The fraction of sp³-hybridized carbons (Fsp3) is 0.643. The molecule has 1 heterocycles. The first-order valence-corrected chi connectivity index (χ1v) is 7.02. The Kier molecular flexibility index (Phi) is 5.75. The number of nitrogens with zero attached hydrogens (tertiary/aromatic N) is 3. The zero-order chi connectivity index (χ0) is 16.2. The third-order valence-electron chi connectivity index (χ3n) is 3.66. The number of rotatable bonds is 6. The van der Waals surface area contributed by atoms with Crippen LogP contribution in [-0.2, 0) is 18.4 Å². The predicted molar refractivity (Wildman–Crippen MR) is 79.0 cm³/mol. The number of hydrogen-bond donors (Lipinski definition) is 2. The maximum atomic E-state index is 12.1. The van der Waals surface area contributed by atoms with Crippen LogP contribution in [0.4, 0.5) is 4.79 Å². The molecule has 1 atom stereocenters. The Balaban J connectivity index is 2.64. The molecule has 0 aliphatic carbocycles. The molecule has 1 rings (SSSR count). The molecular formula is C14H24N4O3. The van der Waals surface area contributed by atoms with Gasteiger partial charge in [0.2, 0.25) is 0 Å². The van der Waals surface area contributed by atoms with Gasteiger partial charge in [-0.1, -0.05) is 6.92 Å². The minimum absolute atomic E-state index is 0.197. The van der Waals surface area contributed by atoms with Crippen molar-refractivity contribution in [2.24, 2.45) is 13.0 Å². The van der Waals surface area contributed by atoms with E-state index in [4.69, 9.17) is 5.11 Å². The van der Waals surface area contributed by atoms with E-state index in [2.05, 4.69) is 10.4 Å². The summed E-state index contributed by atoms with van der Waals surface area (Å²) in [4.78, 5) is 24.5. The number of nitrogens with one attached hydrogen (secondary N) is 1. The molecule has 0 aliphatic rings. The second kappa shape index (κ2) is 7.10. The Labute approximate surface area is 124 Å². The van der Waals surface area contributed by atoms with Crippen LogP contribution in [-0.4, -0.2) is 44.9 Å². The largest absolute Gasteiger partial charge is 0.481 e. The summed E-state index contributed by atoms with van der Waals surface area (Å²) >= 11 is 0. The number of aliphatic carboxylic acids is 1. The Bertz CT molecular complexity index is 525. The molecule has 0 fully saturated rings. The van der Waals surface area contributed by atoms with Crippen molar-refractivity contribution in [3.8, 4) is 0 Å². The van der Waals surface area contributed by atoms with E-state index >= 15 is 0 Å². The Morgan fingerprint density at radius 1 is 1.43 bits per heavy atom. The third kappa shape index (κ3) is 4.21. The Morgan fingerprint density at radius 2 is 2.05 bits per heavy atom. The molecule has 0 saturated heterocycles. The molecule has 0 bridgehead atoms. The third-order valence-corrected chi connectivity index (χ3v) is 3.66. The molecule has 1 aromatic heterocycles. The zero-order valence-corrected chi connectivity index (χ0v) is 13.3. The lowest BCUT2D eigenvalue weighted by atomic mass is 10.2. The van der Waals surface area contributed by atoms with Crippen molar-refractivity contribution in [1.82, 2.24) is 20.0 Å². The quantitative estimate of drug-likeness (QED) is 0.828. The van der Waals surface area contributed by atoms with Crippen molar-refractivity contribution in [2.75, 3.05) is 13.1 Å². The average molecular weight is 296 g/mol. The minimum atomic E-state index is -0.903. The van der Waals surface area contributed by atoms with Gasteiger partial charge >= 0.3 is 12.0 Å². The van der Waals surface area contributed by atoms with Gasteiger partial charge in [0.25, 0.3) is 0 Å². The van der Waals surface area contributed by atoms with Gasteiger partial charge in [-0.15, -0.1) is 0 Å². The number of aryl methyl sites for hydroxylation is 2. The summed E-state index contributed by atoms with van der Waals surface area (Å²) in [6.45, 7) is 8.33. The Morgan fingerprint density at radius 3 is 2.48 bits per heavy atom. The molecule has 2 amide bonds. The average Bonchev–Trinajstić information content (AvgIpc) is 2.66. The van der Waals surface area contributed by atoms with Crippen LogP contribution in [0.2, 0.25) is 0 Å². The summed E-state index contributed by atoms with van der Waals surface area (Å²) in [7, 11) is 1.86. The van der Waals surface area contributed by atoms with E-state index in [-0.39, 0.29) is 12.6 Å². The smallest absolute Gasteiger partial charge is 0.317 e. The number of amides is 2. The summed E-state index contributed by atoms with van der Waals surface area (Å²) in [5, 5.41) is 16.1. The van der Waals surface area contributed by atoms with Gasteiger partial charge in [0, 0.05) is 37.9 Å². The number of carbonyl (C=O) groups excluding carboxylic acids is 1. The van der Waals surface area contributed by atoms with E-state index in [1.54, 1.807) is 11.6 Å². The molecule has 0 radical (unpaired) electrons. The first kappa shape index (κ1) is 17.0. The maximum absolute atomic E-state index is 12.1. The summed E-state index contributed by atoms with van der Waals surface area (Å²) in [6, 6.07) is -0.256. The van der Waals surface area contributed by atoms with Crippen molar-refractivity contribution in [3.63, 3.8) is 0 Å². The van der Waals surface area contributed by atoms with Gasteiger partial charge in [0.15, 0.2) is 0 Å². The second-order valence-electron chi connectivity index (χ2n) is 5.21. The maximum Gasteiger partial charge on any atom is 0.317 e. The first-order valence-electron chi connectivity index (χ1n) is 7.02. The first-order chi connectivity index (χ1) is 9.77. The van der Waals surface area contributed by atoms with Gasteiger partial charge in [-0.2, -0.15) is 5.10 Å². The van der Waals surface area contributed by atoms with Crippen LogP contribution in [0.25, 0.3) is 0 Å². The van der Waals surface area contributed by atoms with Crippen LogP contribution in [0.1, 0.15) is 30.8 Å². The van der Waals surface area contributed by atoms with Gasteiger partial charge in [-0.05, 0) is 20.8 Å². The summed E-state index contributed by atoms with van der Waals surface area (Å²) in [5.74, 6) is -1.49. The van der Waals surface area contributed by atoms with Crippen molar-refractivity contribution < 1.29 is 14.7 Å². The van der Waals surface area contributed by atoms with Crippen LogP contribution in [0.3, 0.4) is 0 Å². The highest BCUT2D eigenvalue weighted by Crippen LogP contribution is 2.11. The zero-order valence-electron chi connectivity index (χ0n) is 13.3. The molecule has 0 spiro atoms. The van der Waals surface area contributed by atoms with E-state index in [1.807, 2.05) is 27.8 Å². The molecular weight excluding hydrogens is 272 g/mol. The highest BCUT2D eigenvalue weighted by molar-refractivity contribution is 5.76. The lowest BCUT2D eigenvalue weighted by molar-refractivity contribution is -0.141. The van der Waals surface area contributed by atoms with Gasteiger partial charge < -0.3 is 15.3 Å². The SMILES string of the molecule is CCN(CC(C)C(=O)O)C(=O)NCc1c(C)nn(C)c1C. The summed E-state index contributed by atoms with van der Waals surface area (Å²) in [5.41, 5.74) is 2.89. The van der Waals surface area contributed by atoms with Crippen LogP contribution in [0.5, 0.6) is 0 Å². The van der Waals surface area contributed by atoms with Crippen LogP contribution in [0, 0.1) is 19.8 Å². The predicted octanol–water partition coefficient (Wildman–Crippen LogP) is 1.29. The van der Waals surface area contributed by atoms with Crippen molar-refractivity contribution in [3.05, 3.63) is 17.0 Å². The van der Waals surface area contributed by atoms with Gasteiger partial charge in [0.05, 0.1) is 11.6 Å². The molecule has 1 unspecified atom stereocenters. The fourth-order valence-electron chi connectivity index (χ4n) is 2.11. The molecule has 21 heavy (non-hydrogen) atoms. The number of urea groups is 1. The fourth-order valence-corrected chi connectivity index (χ4v) is 2.11. The standard InChI is InChI=1S/C14H24N4O3/c1-6-18(8-9(2)13(19)20)14(21)15-7-12-10(3)16-17(5)11(12)4/h9H,6-8H2,1-5H3,(H,15,21)(H,19,20). The summed E-state index contributed by atoms with van der Waals surface area (Å²) in [6.07, 6.45) is 0. The van der Waals surface area contributed by atoms with Gasteiger partial charge in [0.1, 0.15) is 0 Å². The second-order valence-corrected chi connectivity index (χ2v) is 5.21. The lowest BCUT2D eigenvalue weighted by Crippen LogP contribution is -2.43. The van der Waals surface area contributed by atoms with Gasteiger partial charge in [-0.25, -0.2) is 4.79 Å². The van der Waals surface area contributed by atoms with E-state index < -0.39 is 11.9 Å². The number of aromatic nitrogens is 2. The highest BCUT2D eigenvalue weighted by atomic mass is 16.4. The number of carboxylic acids is 1. The number of carboxylic acid groups (broad SMARTS) is 1. The highest BCUT2D eigenvalue weighted by Gasteiger charge is 2.19. The number of hydrogen-bond acceptors (Lipinski definition) is 3. The molecule has 0 aromatic carbocycles. The molecule has 2 N–H and O–H groups in total. The summed E-state index contributed by atoms with van der Waals surface area (Å²) < 4.78 is 1.78. The van der Waals surface area contributed by atoms with Crippen LogP contribution in [0.15, 0.2) is 0 Å². The Hall–Kier alpha value is -2.05. The topological polar surface area (TPSA) is 87.5 Å². The minimum Gasteiger partial charge on any atom is -0.481 e. The molecule has 0 aliphatic heterocycles. The normalized spacial score (nSPS) is 12.0.